The Labute approximate surface area is 162 Å². The highest BCUT2D eigenvalue weighted by atomic mass is 19.4. The van der Waals surface area contributed by atoms with Gasteiger partial charge in [0.25, 0.3) is 5.91 Å². The van der Waals surface area contributed by atoms with Crippen molar-refractivity contribution >= 4 is 5.91 Å². The zero-order valence-corrected chi connectivity index (χ0v) is 15.2. The molecule has 1 amide bonds. The van der Waals surface area contributed by atoms with Crippen LogP contribution in [0.2, 0.25) is 0 Å². The number of carbonyl (C=O) groups excluding carboxylic acids is 1. The second-order valence-electron chi connectivity index (χ2n) is 6.55. The van der Waals surface area contributed by atoms with Gasteiger partial charge in [0.1, 0.15) is 12.3 Å². The van der Waals surface area contributed by atoms with Gasteiger partial charge in [0.2, 0.25) is 5.82 Å². The van der Waals surface area contributed by atoms with Crippen molar-refractivity contribution in [2.75, 3.05) is 0 Å². The minimum absolute atomic E-state index is 0.0520. The third kappa shape index (κ3) is 3.58. The van der Waals surface area contributed by atoms with Crippen molar-refractivity contribution in [1.29, 1.82) is 0 Å². The average Bonchev–Trinajstić information content (AvgIpc) is 3.36. The van der Waals surface area contributed by atoms with Crippen molar-refractivity contribution < 1.29 is 23.1 Å². The number of hydrogen-bond donors (Lipinski definition) is 2. The molecule has 2 N–H and O–H groups in total. The van der Waals surface area contributed by atoms with Gasteiger partial charge in [-0.25, -0.2) is 9.67 Å². The third-order valence-corrected chi connectivity index (χ3v) is 4.60. The minimum atomic E-state index is -4.54. The summed E-state index contributed by atoms with van der Waals surface area (Å²) in [7, 11) is 1.54. The molecule has 4 heterocycles. The standard InChI is InChI=1S/C17H16F3N7O2/c1-26-15(23-14(8-28)25-26)16(29)22-10-3-5-27-12(10)7-11(24-27)9-2-4-21-13(6-9)17(18,19)20/h2,4,6-7,10,28H,3,5,8H2,1H3,(H,22,29)/t10-/m0/s1. The Morgan fingerprint density at radius 3 is 2.83 bits per heavy atom. The molecule has 9 nitrogen and oxygen atoms in total. The van der Waals surface area contributed by atoms with Gasteiger partial charge < -0.3 is 10.4 Å². The minimum Gasteiger partial charge on any atom is -0.388 e. The number of alkyl halides is 3. The fraction of sp³-hybridized carbons (Fsp3) is 0.353. The van der Waals surface area contributed by atoms with Crippen LogP contribution in [0.4, 0.5) is 13.2 Å². The normalized spacial score (nSPS) is 16.1. The molecule has 0 radical (unpaired) electrons. The van der Waals surface area contributed by atoms with Gasteiger partial charge in [-0.05, 0) is 24.6 Å². The van der Waals surface area contributed by atoms with Crippen LogP contribution in [0.3, 0.4) is 0 Å². The van der Waals surface area contributed by atoms with E-state index in [1.807, 2.05) is 0 Å². The molecule has 4 rings (SSSR count). The van der Waals surface area contributed by atoms with Crippen LogP contribution in [0.1, 0.15) is 40.3 Å². The van der Waals surface area contributed by atoms with Crippen LogP contribution in [0.25, 0.3) is 11.3 Å². The first kappa shape index (κ1) is 19.1. The maximum Gasteiger partial charge on any atom is 0.433 e. The van der Waals surface area contributed by atoms with Crippen LogP contribution in [0, 0.1) is 0 Å². The van der Waals surface area contributed by atoms with E-state index >= 15 is 0 Å². The average molecular weight is 407 g/mol. The molecule has 0 spiro atoms. The Hall–Kier alpha value is -3.28. The number of aryl methyl sites for hydroxylation is 2. The zero-order chi connectivity index (χ0) is 20.8. The van der Waals surface area contributed by atoms with Crippen molar-refractivity contribution in [3.05, 3.63) is 47.4 Å². The van der Waals surface area contributed by atoms with E-state index in [0.29, 0.717) is 29.9 Å². The zero-order valence-electron chi connectivity index (χ0n) is 15.2. The first-order chi connectivity index (χ1) is 13.8. The number of rotatable bonds is 4. The van der Waals surface area contributed by atoms with E-state index in [1.54, 1.807) is 17.8 Å². The summed E-state index contributed by atoms with van der Waals surface area (Å²) in [4.78, 5) is 19.8. The summed E-state index contributed by atoms with van der Waals surface area (Å²) in [6.07, 6.45) is -2.86. The molecular weight excluding hydrogens is 391 g/mol. The molecule has 12 heteroatoms. The van der Waals surface area contributed by atoms with Gasteiger partial charge in [-0.2, -0.15) is 23.4 Å². The number of halogens is 3. The third-order valence-electron chi connectivity index (χ3n) is 4.60. The molecular formula is C17H16F3N7O2. The molecule has 0 bridgehead atoms. The smallest absolute Gasteiger partial charge is 0.388 e. The van der Waals surface area contributed by atoms with E-state index in [1.165, 1.54) is 10.7 Å². The van der Waals surface area contributed by atoms with Gasteiger partial charge in [0.15, 0.2) is 5.82 Å². The monoisotopic (exact) mass is 407 g/mol. The van der Waals surface area contributed by atoms with E-state index < -0.39 is 17.8 Å². The van der Waals surface area contributed by atoms with Crippen molar-refractivity contribution in [2.24, 2.45) is 7.05 Å². The molecule has 1 aliphatic rings. The summed E-state index contributed by atoms with van der Waals surface area (Å²) in [6.45, 7) is 0.130. The van der Waals surface area contributed by atoms with Crippen molar-refractivity contribution in [1.82, 2.24) is 34.8 Å². The lowest BCUT2D eigenvalue weighted by Gasteiger charge is -2.11. The first-order valence-corrected chi connectivity index (χ1v) is 8.69. The number of amides is 1. The topological polar surface area (TPSA) is 111 Å². The highest BCUT2D eigenvalue weighted by Gasteiger charge is 2.33. The molecule has 0 aliphatic carbocycles. The van der Waals surface area contributed by atoms with E-state index in [4.69, 9.17) is 5.11 Å². The molecule has 3 aromatic rings. The molecule has 1 atom stereocenters. The Morgan fingerprint density at radius 2 is 2.14 bits per heavy atom. The number of hydrogen-bond acceptors (Lipinski definition) is 6. The molecule has 0 saturated carbocycles. The van der Waals surface area contributed by atoms with E-state index in [0.717, 1.165) is 12.3 Å². The first-order valence-electron chi connectivity index (χ1n) is 8.69. The van der Waals surface area contributed by atoms with Crippen LogP contribution >= 0.6 is 0 Å². The van der Waals surface area contributed by atoms with Crippen LogP contribution in [0.15, 0.2) is 24.4 Å². The highest BCUT2D eigenvalue weighted by molar-refractivity contribution is 5.91. The highest BCUT2D eigenvalue weighted by Crippen LogP contribution is 2.33. The Bertz CT molecular complexity index is 1070. The van der Waals surface area contributed by atoms with Crippen LogP contribution in [0.5, 0.6) is 0 Å². The lowest BCUT2D eigenvalue weighted by Crippen LogP contribution is -2.29. The SMILES string of the molecule is Cn1nc(CO)nc1C(=O)N[C@H]1CCn2nc(-c3ccnc(C(F)(F)F)c3)cc21. The van der Waals surface area contributed by atoms with Crippen molar-refractivity contribution in [3.63, 3.8) is 0 Å². The molecule has 152 valence electrons. The van der Waals surface area contributed by atoms with E-state index in [2.05, 4.69) is 25.5 Å². The van der Waals surface area contributed by atoms with Gasteiger partial charge in [-0.15, -0.1) is 0 Å². The Kier molecular flexibility index (Phi) is 4.57. The summed E-state index contributed by atoms with van der Waals surface area (Å²) in [5.41, 5.74) is 0.353. The predicted octanol–water partition coefficient (Wildman–Crippen LogP) is 1.46. The van der Waals surface area contributed by atoms with Gasteiger partial charge in [0, 0.05) is 25.4 Å². The predicted molar refractivity (Wildman–Crippen MR) is 92.2 cm³/mol. The summed E-state index contributed by atoms with van der Waals surface area (Å²) in [5.74, 6) is -0.282. The number of nitrogens with zero attached hydrogens (tertiary/aromatic N) is 6. The quantitative estimate of drug-likeness (QED) is 0.678. The largest absolute Gasteiger partial charge is 0.433 e. The van der Waals surface area contributed by atoms with Gasteiger partial charge >= 0.3 is 6.18 Å². The fourth-order valence-corrected chi connectivity index (χ4v) is 3.25. The second-order valence-corrected chi connectivity index (χ2v) is 6.55. The van der Waals surface area contributed by atoms with Crippen LogP contribution in [-0.4, -0.2) is 40.5 Å². The maximum atomic E-state index is 12.9. The number of aliphatic hydroxyl groups is 1. The van der Waals surface area contributed by atoms with Crippen molar-refractivity contribution in [2.45, 2.75) is 31.8 Å². The lowest BCUT2D eigenvalue weighted by atomic mass is 10.1. The van der Waals surface area contributed by atoms with Gasteiger partial charge in [-0.3, -0.25) is 14.5 Å². The molecule has 0 unspecified atom stereocenters. The number of nitrogens with one attached hydrogen (secondary N) is 1. The van der Waals surface area contributed by atoms with Gasteiger partial charge in [-0.1, -0.05) is 0 Å². The Morgan fingerprint density at radius 1 is 1.34 bits per heavy atom. The summed E-state index contributed by atoms with van der Waals surface area (Å²) >= 11 is 0. The summed E-state index contributed by atoms with van der Waals surface area (Å²) in [6, 6.07) is 3.68. The molecule has 0 aromatic carbocycles. The second kappa shape index (κ2) is 6.95. The molecule has 3 aromatic heterocycles. The molecule has 0 fully saturated rings. The number of pyridine rings is 1. The number of fused-ring (bicyclic) bond motifs is 1. The molecule has 29 heavy (non-hydrogen) atoms. The van der Waals surface area contributed by atoms with E-state index in [-0.39, 0.29) is 24.3 Å². The van der Waals surface area contributed by atoms with Crippen LogP contribution in [-0.2, 0) is 26.4 Å². The number of aromatic nitrogens is 6. The van der Waals surface area contributed by atoms with E-state index in [9.17, 15) is 18.0 Å². The summed E-state index contributed by atoms with van der Waals surface area (Å²) < 4.78 is 41.7. The van der Waals surface area contributed by atoms with Gasteiger partial charge in [0.05, 0.1) is 17.4 Å². The Balaban J connectivity index is 1.56. The summed E-state index contributed by atoms with van der Waals surface area (Å²) in [5, 5.41) is 20.2. The lowest BCUT2D eigenvalue weighted by molar-refractivity contribution is -0.141. The maximum absolute atomic E-state index is 12.9. The van der Waals surface area contributed by atoms with Crippen molar-refractivity contribution in [3.8, 4) is 11.3 Å². The number of aliphatic hydroxyl groups excluding tert-OH is 1. The molecule has 0 saturated heterocycles. The number of carbonyl (C=O) groups is 1. The molecule has 1 aliphatic heterocycles. The van der Waals surface area contributed by atoms with Crippen LogP contribution < -0.4 is 5.32 Å². The fourth-order valence-electron chi connectivity index (χ4n) is 3.25.